The van der Waals surface area contributed by atoms with Crippen LogP contribution in [0.2, 0.25) is 0 Å². The predicted molar refractivity (Wildman–Crippen MR) is 92.0 cm³/mol. The highest BCUT2D eigenvalue weighted by atomic mass is 16.7. The second-order valence-electron chi connectivity index (χ2n) is 6.96. The quantitative estimate of drug-likeness (QED) is 0.761. The van der Waals surface area contributed by atoms with Crippen LogP contribution in [0.1, 0.15) is 37.8 Å². The van der Waals surface area contributed by atoms with E-state index in [1.54, 1.807) is 0 Å². The summed E-state index contributed by atoms with van der Waals surface area (Å²) in [5.74, 6) is 1.58. The molecule has 2 unspecified atom stereocenters. The fraction of sp³-hybridized carbons (Fsp3) is 0.350. The first-order valence-electron chi connectivity index (χ1n) is 8.36. The average Bonchev–Trinajstić information content (AvgIpc) is 2.60. The van der Waals surface area contributed by atoms with Crippen molar-refractivity contribution in [1.29, 1.82) is 0 Å². The standard InChI is InChI=1S/C20H23N2O/c1-15-8-7-9-17-14-21(18-10-5-4-6-11-18)22(23-19(15)17)20(3)13-12-16(20)2/h4-11,14,16H,12-13H2,1-3H3/q+1. The summed E-state index contributed by atoms with van der Waals surface area (Å²) in [5.41, 5.74) is 3.44. The maximum absolute atomic E-state index is 6.44. The van der Waals surface area contributed by atoms with Crippen LogP contribution in [0.5, 0.6) is 5.75 Å². The van der Waals surface area contributed by atoms with Crippen LogP contribution in [0.25, 0.3) is 0 Å². The first-order valence-corrected chi connectivity index (χ1v) is 8.36. The molecule has 0 bridgehead atoms. The number of nitrogens with zero attached hydrogens (tertiary/aromatic N) is 2. The van der Waals surface area contributed by atoms with Crippen molar-refractivity contribution in [2.75, 3.05) is 0 Å². The van der Waals surface area contributed by atoms with Gasteiger partial charge in [0.15, 0.2) is 5.75 Å². The van der Waals surface area contributed by atoms with Gasteiger partial charge in [-0.05, 0) is 48.9 Å². The van der Waals surface area contributed by atoms with E-state index in [0.29, 0.717) is 5.92 Å². The fourth-order valence-electron chi connectivity index (χ4n) is 3.46. The molecule has 2 atom stereocenters. The van der Waals surface area contributed by atoms with Gasteiger partial charge < -0.3 is 4.84 Å². The summed E-state index contributed by atoms with van der Waals surface area (Å²) in [6.45, 7) is 6.72. The van der Waals surface area contributed by atoms with Gasteiger partial charge in [0.1, 0.15) is 5.54 Å². The Labute approximate surface area is 137 Å². The highest BCUT2D eigenvalue weighted by Gasteiger charge is 2.53. The van der Waals surface area contributed by atoms with E-state index in [-0.39, 0.29) is 5.54 Å². The molecule has 1 saturated carbocycles. The summed E-state index contributed by atoms with van der Waals surface area (Å²) in [5, 5.41) is 2.09. The first-order chi connectivity index (χ1) is 11.1. The Morgan fingerprint density at radius 2 is 1.91 bits per heavy atom. The maximum Gasteiger partial charge on any atom is 0.238 e. The molecule has 1 heterocycles. The summed E-state index contributed by atoms with van der Waals surface area (Å²) < 4.78 is 2.16. The van der Waals surface area contributed by atoms with Crippen LogP contribution >= 0.6 is 0 Å². The lowest BCUT2D eigenvalue weighted by atomic mass is 9.69. The molecular formula is C20H23N2O+. The number of hydrazine groups is 1. The second kappa shape index (κ2) is 5.12. The highest BCUT2D eigenvalue weighted by Crippen LogP contribution is 2.45. The third-order valence-electron chi connectivity index (χ3n) is 5.48. The number of rotatable bonds is 2. The third-order valence-corrected chi connectivity index (χ3v) is 5.48. The molecule has 2 aromatic carbocycles. The van der Waals surface area contributed by atoms with Crippen molar-refractivity contribution in [1.82, 2.24) is 5.17 Å². The lowest BCUT2D eigenvalue weighted by molar-refractivity contribution is -0.717. The van der Waals surface area contributed by atoms with Gasteiger partial charge in [-0.15, -0.1) is 0 Å². The molecule has 1 fully saturated rings. The first kappa shape index (κ1) is 14.3. The fourth-order valence-corrected chi connectivity index (χ4v) is 3.46. The Balaban J connectivity index is 1.87. The molecule has 0 amide bonds. The SMILES string of the molecule is Cc1cccc2c1ON(C1(C)CCC1C)[N+](c1ccccc1)=C2. The van der Waals surface area contributed by atoms with Crippen LogP contribution in [-0.4, -0.2) is 21.6 Å². The molecule has 2 aromatic rings. The molecule has 0 aromatic heterocycles. The molecule has 0 N–H and O–H groups in total. The third kappa shape index (κ3) is 2.14. The zero-order valence-corrected chi connectivity index (χ0v) is 14.0. The van der Waals surface area contributed by atoms with Crippen LogP contribution < -0.4 is 4.84 Å². The predicted octanol–water partition coefficient (Wildman–Crippen LogP) is 4.47. The lowest BCUT2D eigenvalue weighted by Gasteiger charge is -2.48. The Hall–Kier alpha value is -2.29. The molecule has 0 spiro atoms. The summed E-state index contributed by atoms with van der Waals surface area (Å²) in [7, 11) is 0. The van der Waals surface area contributed by atoms with Crippen molar-refractivity contribution >= 4 is 11.9 Å². The number of hydrazone groups is 1. The minimum absolute atomic E-state index is 0.0202. The van der Waals surface area contributed by atoms with E-state index in [1.807, 2.05) is 6.07 Å². The van der Waals surface area contributed by atoms with E-state index in [9.17, 15) is 0 Å². The molecule has 1 aliphatic carbocycles. The molecule has 1 aliphatic heterocycles. The van der Waals surface area contributed by atoms with Gasteiger partial charge in [0, 0.05) is 17.3 Å². The Kier molecular flexibility index (Phi) is 3.19. The van der Waals surface area contributed by atoms with Crippen molar-refractivity contribution in [3.8, 4) is 5.75 Å². The van der Waals surface area contributed by atoms with Crippen molar-refractivity contribution in [3.63, 3.8) is 0 Å². The summed E-state index contributed by atoms with van der Waals surface area (Å²) >= 11 is 0. The summed E-state index contributed by atoms with van der Waals surface area (Å²) in [6, 6.07) is 16.7. The van der Waals surface area contributed by atoms with E-state index < -0.39 is 0 Å². The lowest BCUT2D eigenvalue weighted by Crippen LogP contribution is -2.62. The minimum Gasteiger partial charge on any atom is -0.330 e. The maximum atomic E-state index is 6.44. The molecule has 118 valence electrons. The van der Waals surface area contributed by atoms with Crippen LogP contribution in [0, 0.1) is 12.8 Å². The van der Waals surface area contributed by atoms with Gasteiger partial charge in [0.05, 0.1) is 5.56 Å². The number of hydrogen-bond donors (Lipinski definition) is 0. The van der Waals surface area contributed by atoms with Gasteiger partial charge in [0.25, 0.3) is 0 Å². The zero-order valence-electron chi connectivity index (χ0n) is 14.0. The number of aryl methyl sites for hydroxylation is 1. The normalized spacial score (nSPS) is 26.0. The van der Waals surface area contributed by atoms with Gasteiger partial charge >= 0.3 is 0 Å². The Bertz CT molecular complexity index is 768. The van der Waals surface area contributed by atoms with Crippen molar-refractivity contribution < 1.29 is 9.52 Å². The minimum atomic E-state index is 0.0202. The number of para-hydroxylation sites is 2. The van der Waals surface area contributed by atoms with Crippen LogP contribution in [-0.2, 0) is 0 Å². The summed E-state index contributed by atoms with van der Waals surface area (Å²) in [6.07, 6.45) is 4.59. The average molecular weight is 307 g/mol. The van der Waals surface area contributed by atoms with Gasteiger partial charge in [-0.3, -0.25) is 0 Å². The van der Waals surface area contributed by atoms with Crippen LogP contribution in [0.15, 0.2) is 48.5 Å². The number of fused-ring (bicyclic) bond motifs is 1. The Morgan fingerprint density at radius 1 is 1.13 bits per heavy atom. The second-order valence-corrected chi connectivity index (χ2v) is 6.96. The van der Waals surface area contributed by atoms with Crippen LogP contribution in [0.3, 0.4) is 0 Å². The zero-order chi connectivity index (χ0) is 16.0. The van der Waals surface area contributed by atoms with Crippen molar-refractivity contribution in [2.24, 2.45) is 5.92 Å². The van der Waals surface area contributed by atoms with Gasteiger partial charge in [-0.2, -0.15) is 0 Å². The highest BCUT2D eigenvalue weighted by molar-refractivity contribution is 5.82. The number of hydrogen-bond acceptors (Lipinski definition) is 2. The van der Waals surface area contributed by atoms with Crippen molar-refractivity contribution in [2.45, 2.75) is 39.2 Å². The number of hydroxylamine groups is 1. The van der Waals surface area contributed by atoms with E-state index in [2.05, 4.69) is 79.3 Å². The molecule has 23 heavy (non-hydrogen) atoms. The Morgan fingerprint density at radius 3 is 2.57 bits per heavy atom. The van der Waals surface area contributed by atoms with Crippen LogP contribution in [0.4, 0.5) is 5.69 Å². The van der Waals surface area contributed by atoms with Gasteiger partial charge in [-0.1, -0.05) is 37.3 Å². The van der Waals surface area contributed by atoms with E-state index in [4.69, 9.17) is 4.84 Å². The topological polar surface area (TPSA) is 15.5 Å². The molecule has 4 rings (SSSR count). The molecule has 2 aliphatic rings. The van der Waals surface area contributed by atoms with E-state index in [0.717, 1.165) is 23.4 Å². The molecule has 3 nitrogen and oxygen atoms in total. The molecule has 3 heteroatoms. The van der Waals surface area contributed by atoms with E-state index in [1.165, 1.54) is 12.0 Å². The molecular weight excluding hydrogens is 284 g/mol. The molecule has 0 saturated heterocycles. The van der Waals surface area contributed by atoms with Gasteiger partial charge in [-0.25, -0.2) is 0 Å². The summed E-state index contributed by atoms with van der Waals surface area (Å²) in [4.78, 5) is 6.44. The van der Waals surface area contributed by atoms with E-state index >= 15 is 0 Å². The molecule has 0 radical (unpaired) electrons. The monoisotopic (exact) mass is 307 g/mol. The van der Waals surface area contributed by atoms with Gasteiger partial charge in [0.2, 0.25) is 11.9 Å². The van der Waals surface area contributed by atoms with Crippen molar-refractivity contribution in [3.05, 3.63) is 59.7 Å². The largest absolute Gasteiger partial charge is 0.330 e. The smallest absolute Gasteiger partial charge is 0.238 e. The number of benzene rings is 2.